The SMILES string of the molecule is CCCCNC(=O)CN1CCN(C(=O)c2csc(Br)c2)CC1. The summed E-state index contributed by atoms with van der Waals surface area (Å²) in [5.74, 6) is 0.156. The van der Waals surface area contributed by atoms with Crippen LogP contribution in [0.15, 0.2) is 15.2 Å². The Bertz CT molecular complexity index is 513. The molecule has 0 unspecified atom stereocenters. The molecule has 1 aromatic heterocycles. The predicted molar refractivity (Wildman–Crippen MR) is 92.3 cm³/mol. The van der Waals surface area contributed by atoms with Crippen LogP contribution in [0.3, 0.4) is 0 Å². The minimum Gasteiger partial charge on any atom is -0.355 e. The van der Waals surface area contributed by atoms with Crippen molar-refractivity contribution in [3.63, 3.8) is 0 Å². The number of halogens is 1. The van der Waals surface area contributed by atoms with Crippen LogP contribution in [0.25, 0.3) is 0 Å². The third-order valence-electron chi connectivity index (χ3n) is 3.69. The van der Waals surface area contributed by atoms with Gasteiger partial charge in [0.15, 0.2) is 0 Å². The molecule has 5 nitrogen and oxygen atoms in total. The van der Waals surface area contributed by atoms with Crippen molar-refractivity contribution in [2.45, 2.75) is 19.8 Å². The second-order valence-electron chi connectivity index (χ2n) is 5.41. The maximum atomic E-state index is 12.3. The van der Waals surface area contributed by atoms with Crippen LogP contribution in [0, 0.1) is 0 Å². The average Bonchev–Trinajstić information content (AvgIpc) is 2.94. The zero-order valence-corrected chi connectivity index (χ0v) is 15.2. The molecule has 1 aromatic rings. The van der Waals surface area contributed by atoms with E-state index in [9.17, 15) is 9.59 Å². The first-order valence-corrected chi connectivity index (χ1v) is 9.29. The first kappa shape index (κ1) is 17.4. The summed E-state index contributed by atoms with van der Waals surface area (Å²) in [5, 5.41) is 4.80. The molecule has 2 rings (SSSR count). The van der Waals surface area contributed by atoms with E-state index in [1.54, 1.807) is 0 Å². The minimum atomic E-state index is 0.0778. The number of carbonyl (C=O) groups excluding carboxylic acids is 2. The number of rotatable bonds is 6. The van der Waals surface area contributed by atoms with E-state index < -0.39 is 0 Å². The van der Waals surface area contributed by atoms with Gasteiger partial charge >= 0.3 is 0 Å². The fourth-order valence-electron chi connectivity index (χ4n) is 2.38. The second-order valence-corrected chi connectivity index (χ2v) is 7.70. The lowest BCUT2D eigenvalue weighted by Gasteiger charge is -2.34. The van der Waals surface area contributed by atoms with E-state index in [0.717, 1.165) is 41.8 Å². The topological polar surface area (TPSA) is 52.7 Å². The molecule has 1 N–H and O–H groups in total. The number of unbranched alkanes of at least 4 members (excludes halogenated alkanes) is 1. The Labute approximate surface area is 143 Å². The van der Waals surface area contributed by atoms with Crippen molar-refractivity contribution < 1.29 is 9.59 Å². The molecule has 0 spiro atoms. The summed E-state index contributed by atoms with van der Waals surface area (Å²) in [4.78, 5) is 28.1. The van der Waals surface area contributed by atoms with Crippen LogP contribution in [-0.2, 0) is 4.79 Å². The summed E-state index contributed by atoms with van der Waals surface area (Å²) < 4.78 is 0.971. The average molecular weight is 388 g/mol. The van der Waals surface area contributed by atoms with Gasteiger partial charge in [-0.25, -0.2) is 0 Å². The Morgan fingerprint density at radius 1 is 1.32 bits per heavy atom. The lowest BCUT2D eigenvalue weighted by Crippen LogP contribution is -2.51. The van der Waals surface area contributed by atoms with Gasteiger partial charge in [0.2, 0.25) is 5.91 Å². The highest BCUT2D eigenvalue weighted by atomic mass is 79.9. The Balaban J connectivity index is 1.73. The molecule has 22 heavy (non-hydrogen) atoms. The number of nitrogens with one attached hydrogen (secondary N) is 1. The van der Waals surface area contributed by atoms with E-state index in [1.165, 1.54) is 11.3 Å². The van der Waals surface area contributed by atoms with Crippen molar-refractivity contribution in [1.82, 2.24) is 15.1 Å². The van der Waals surface area contributed by atoms with Crippen LogP contribution in [0.2, 0.25) is 0 Å². The largest absolute Gasteiger partial charge is 0.355 e. The normalized spacial score (nSPS) is 15.8. The van der Waals surface area contributed by atoms with E-state index in [2.05, 4.69) is 33.1 Å². The summed E-state index contributed by atoms with van der Waals surface area (Å²) >= 11 is 4.90. The summed E-state index contributed by atoms with van der Waals surface area (Å²) in [6, 6.07) is 1.86. The van der Waals surface area contributed by atoms with Crippen molar-refractivity contribution in [2.75, 3.05) is 39.3 Å². The number of amides is 2. The molecule has 0 saturated carbocycles. The van der Waals surface area contributed by atoms with Gasteiger partial charge in [-0.15, -0.1) is 11.3 Å². The number of nitrogens with zero attached hydrogens (tertiary/aromatic N) is 2. The summed E-state index contributed by atoms with van der Waals surface area (Å²) in [5.41, 5.74) is 0.739. The van der Waals surface area contributed by atoms with Crippen molar-refractivity contribution in [2.24, 2.45) is 0 Å². The van der Waals surface area contributed by atoms with Gasteiger partial charge in [-0.1, -0.05) is 13.3 Å². The van der Waals surface area contributed by atoms with Crippen molar-refractivity contribution in [3.05, 3.63) is 20.8 Å². The molecule has 1 saturated heterocycles. The molecule has 122 valence electrons. The highest BCUT2D eigenvalue weighted by molar-refractivity contribution is 9.11. The van der Waals surface area contributed by atoms with E-state index in [0.29, 0.717) is 19.6 Å². The standard InChI is InChI=1S/C15H22BrN3O2S/c1-2-3-4-17-14(20)10-18-5-7-19(8-6-18)15(21)12-9-13(16)22-11-12/h9,11H,2-8,10H2,1H3,(H,17,20). The molecular formula is C15H22BrN3O2S. The van der Waals surface area contributed by atoms with Crippen LogP contribution in [0.1, 0.15) is 30.1 Å². The lowest BCUT2D eigenvalue weighted by molar-refractivity contribution is -0.122. The second kappa shape index (κ2) is 8.64. The quantitative estimate of drug-likeness (QED) is 0.761. The molecule has 7 heteroatoms. The maximum absolute atomic E-state index is 12.3. The molecule has 1 aliphatic heterocycles. The van der Waals surface area contributed by atoms with Crippen LogP contribution in [0.5, 0.6) is 0 Å². The number of piperazine rings is 1. The Morgan fingerprint density at radius 2 is 2.05 bits per heavy atom. The predicted octanol–water partition coefficient (Wildman–Crippen LogP) is 2.18. The highest BCUT2D eigenvalue weighted by Gasteiger charge is 2.23. The Morgan fingerprint density at radius 3 is 2.64 bits per heavy atom. The van der Waals surface area contributed by atoms with Gasteiger partial charge in [0.1, 0.15) is 0 Å². The fourth-order valence-corrected chi connectivity index (χ4v) is 3.51. The Kier molecular flexibility index (Phi) is 6.85. The molecule has 1 aliphatic rings. The summed E-state index contributed by atoms with van der Waals surface area (Å²) in [6.45, 7) is 6.13. The van der Waals surface area contributed by atoms with E-state index in [-0.39, 0.29) is 11.8 Å². The first-order valence-electron chi connectivity index (χ1n) is 7.62. The molecule has 0 aliphatic carbocycles. The molecule has 2 heterocycles. The van der Waals surface area contributed by atoms with Gasteiger partial charge < -0.3 is 10.2 Å². The van der Waals surface area contributed by atoms with Gasteiger partial charge in [0.05, 0.1) is 15.9 Å². The van der Waals surface area contributed by atoms with Crippen molar-refractivity contribution >= 4 is 39.1 Å². The van der Waals surface area contributed by atoms with Crippen LogP contribution >= 0.6 is 27.3 Å². The van der Waals surface area contributed by atoms with Crippen molar-refractivity contribution in [3.8, 4) is 0 Å². The fraction of sp³-hybridized carbons (Fsp3) is 0.600. The van der Waals surface area contributed by atoms with E-state index in [1.807, 2.05) is 16.3 Å². The highest BCUT2D eigenvalue weighted by Crippen LogP contribution is 2.22. The molecular weight excluding hydrogens is 366 g/mol. The van der Waals surface area contributed by atoms with E-state index >= 15 is 0 Å². The number of carbonyl (C=O) groups is 2. The number of thiophene rings is 1. The molecule has 0 radical (unpaired) electrons. The molecule has 0 aromatic carbocycles. The third-order valence-corrected chi connectivity index (χ3v) is 5.20. The first-order chi connectivity index (χ1) is 10.6. The maximum Gasteiger partial charge on any atom is 0.254 e. The van der Waals surface area contributed by atoms with E-state index in [4.69, 9.17) is 0 Å². The zero-order chi connectivity index (χ0) is 15.9. The van der Waals surface area contributed by atoms with Crippen LogP contribution < -0.4 is 5.32 Å². The summed E-state index contributed by atoms with van der Waals surface area (Å²) in [6.07, 6.45) is 2.10. The number of hydrogen-bond acceptors (Lipinski definition) is 4. The van der Waals surface area contributed by atoms with Crippen LogP contribution in [0.4, 0.5) is 0 Å². The molecule has 1 fully saturated rings. The Hall–Kier alpha value is -0.920. The van der Waals surface area contributed by atoms with Crippen LogP contribution in [-0.4, -0.2) is 60.9 Å². The van der Waals surface area contributed by atoms with Gasteiger partial charge in [0.25, 0.3) is 5.91 Å². The van der Waals surface area contributed by atoms with Gasteiger partial charge in [0, 0.05) is 38.1 Å². The van der Waals surface area contributed by atoms with Crippen molar-refractivity contribution in [1.29, 1.82) is 0 Å². The van der Waals surface area contributed by atoms with Gasteiger partial charge in [-0.2, -0.15) is 0 Å². The third kappa shape index (κ3) is 5.07. The molecule has 0 atom stereocenters. The number of hydrogen-bond donors (Lipinski definition) is 1. The smallest absolute Gasteiger partial charge is 0.254 e. The lowest BCUT2D eigenvalue weighted by atomic mass is 10.2. The molecule has 2 amide bonds. The van der Waals surface area contributed by atoms with Gasteiger partial charge in [-0.05, 0) is 28.4 Å². The summed E-state index contributed by atoms with van der Waals surface area (Å²) in [7, 11) is 0. The minimum absolute atomic E-state index is 0.0778. The zero-order valence-electron chi connectivity index (χ0n) is 12.8. The molecule has 0 bridgehead atoms. The van der Waals surface area contributed by atoms with Gasteiger partial charge in [-0.3, -0.25) is 14.5 Å². The monoisotopic (exact) mass is 387 g/mol.